The Morgan fingerprint density at radius 3 is 2.78 bits per heavy atom. The summed E-state index contributed by atoms with van der Waals surface area (Å²) in [6.07, 6.45) is 3.51. The van der Waals surface area contributed by atoms with Gasteiger partial charge < -0.3 is 10.2 Å². The maximum Gasteiger partial charge on any atom is 0.153 e. The van der Waals surface area contributed by atoms with Crippen LogP contribution in [0.5, 0.6) is 0 Å². The van der Waals surface area contributed by atoms with Crippen LogP contribution in [0.4, 0.5) is 0 Å². The van der Waals surface area contributed by atoms with Crippen molar-refractivity contribution in [1.82, 2.24) is 10.2 Å². The van der Waals surface area contributed by atoms with E-state index in [2.05, 4.69) is 24.1 Å². The van der Waals surface area contributed by atoms with E-state index in [9.17, 15) is 8.42 Å². The Labute approximate surface area is 111 Å². The third-order valence-electron chi connectivity index (χ3n) is 4.34. The normalized spacial score (nSPS) is 37.6. The van der Waals surface area contributed by atoms with Gasteiger partial charge in [0.15, 0.2) is 9.84 Å². The van der Waals surface area contributed by atoms with Gasteiger partial charge in [0, 0.05) is 18.6 Å². The zero-order valence-corrected chi connectivity index (χ0v) is 12.4. The zero-order valence-electron chi connectivity index (χ0n) is 11.6. The summed E-state index contributed by atoms with van der Waals surface area (Å²) < 4.78 is 23.1. The molecular formula is C13H26N2O2S. The van der Waals surface area contributed by atoms with E-state index in [1.54, 1.807) is 0 Å². The van der Waals surface area contributed by atoms with Crippen LogP contribution in [-0.2, 0) is 9.84 Å². The highest BCUT2D eigenvalue weighted by Crippen LogP contribution is 2.22. The van der Waals surface area contributed by atoms with Gasteiger partial charge in [0.25, 0.3) is 0 Å². The average molecular weight is 274 g/mol. The Morgan fingerprint density at radius 1 is 1.33 bits per heavy atom. The minimum atomic E-state index is -2.79. The Hall–Kier alpha value is -0.130. The highest BCUT2D eigenvalue weighted by atomic mass is 32.2. The van der Waals surface area contributed by atoms with Crippen molar-refractivity contribution in [2.75, 3.05) is 31.1 Å². The van der Waals surface area contributed by atoms with Crippen LogP contribution in [0, 0.1) is 5.92 Å². The van der Waals surface area contributed by atoms with Crippen molar-refractivity contribution in [2.45, 2.75) is 45.2 Å². The van der Waals surface area contributed by atoms with Crippen molar-refractivity contribution in [3.05, 3.63) is 0 Å². The smallest absolute Gasteiger partial charge is 0.153 e. The quantitative estimate of drug-likeness (QED) is 0.830. The van der Waals surface area contributed by atoms with Gasteiger partial charge >= 0.3 is 0 Å². The molecule has 2 rings (SSSR count). The molecule has 0 aliphatic carbocycles. The molecule has 2 fully saturated rings. The molecule has 2 aliphatic heterocycles. The van der Waals surface area contributed by atoms with E-state index in [1.165, 1.54) is 19.4 Å². The summed E-state index contributed by atoms with van der Waals surface area (Å²) in [6, 6.07) is 0.809. The molecule has 0 bridgehead atoms. The van der Waals surface area contributed by atoms with Crippen molar-refractivity contribution < 1.29 is 8.42 Å². The second-order valence-electron chi connectivity index (χ2n) is 6.07. The monoisotopic (exact) mass is 274 g/mol. The summed E-state index contributed by atoms with van der Waals surface area (Å²) in [5, 5.41) is 3.33. The Kier molecular flexibility index (Phi) is 4.67. The lowest BCUT2D eigenvalue weighted by Crippen LogP contribution is -2.48. The van der Waals surface area contributed by atoms with E-state index in [1.807, 2.05) is 0 Å². The van der Waals surface area contributed by atoms with Crippen LogP contribution in [0.2, 0.25) is 0 Å². The number of likely N-dealkylation sites (tertiary alicyclic amines) is 1. The van der Waals surface area contributed by atoms with Crippen LogP contribution in [0.3, 0.4) is 0 Å². The van der Waals surface area contributed by atoms with Crippen molar-refractivity contribution in [3.63, 3.8) is 0 Å². The number of rotatable bonds is 3. The Balaban J connectivity index is 1.77. The molecule has 0 aromatic heterocycles. The van der Waals surface area contributed by atoms with Crippen molar-refractivity contribution in [1.29, 1.82) is 0 Å². The van der Waals surface area contributed by atoms with Crippen LogP contribution in [0.1, 0.15) is 33.1 Å². The second-order valence-corrected chi connectivity index (χ2v) is 8.30. The van der Waals surface area contributed by atoms with Crippen LogP contribution >= 0.6 is 0 Å². The third-order valence-corrected chi connectivity index (χ3v) is 6.08. The summed E-state index contributed by atoms with van der Waals surface area (Å²) in [5.41, 5.74) is 0. The molecule has 1 N–H and O–H groups in total. The molecule has 0 amide bonds. The fraction of sp³-hybridized carbons (Fsp3) is 1.00. The summed E-state index contributed by atoms with van der Waals surface area (Å²) in [7, 11) is -2.79. The van der Waals surface area contributed by atoms with Gasteiger partial charge in [-0.3, -0.25) is 0 Å². The van der Waals surface area contributed by atoms with Crippen LogP contribution in [-0.4, -0.2) is 56.5 Å². The van der Waals surface area contributed by atoms with Crippen LogP contribution in [0.15, 0.2) is 0 Å². The first-order valence-corrected chi connectivity index (χ1v) is 8.96. The highest BCUT2D eigenvalue weighted by molar-refractivity contribution is 7.91. The molecule has 18 heavy (non-hydrogen) atoms. The van der Waals surface area contributed by atoms with E-state index >= 15 is 0 Å². The van der Waals surface area contributed by atoms with Gasteiger partial charge in [0.05, 0.1) is 11.5 Å². The molecule has 106 valence electrons. The minimum absolute atomic E-state index is 0.162. The number of piperidine rings is 1. The molecule has 3 unspecified atom stereocenters. The molecule has 0 saturated carbocycles. The molecule has 4 nitrogen and oxygen atoms in total. The fourth-order valence-corrected chi connectivity index (χ4v) is 4.66. The molecular weight excluding hydrogens is 248 g/mol. The topological polar surface area (TPSA) is 49.4 Å². The Bertz CT molecular complexity index is 369. The lowest BCUT2D eigenvalue weighted by molar-refractivity contribution is 0.125. The van der Waals surface area contributed by atoms with Gasteiger partial charge in [-0.15, -0.1) is 0 Å². The van der Waals surface area contributed by atoms with Gasteiger partial charge in [0.2, 0.25) is 0 Å². The lowest BCUT2D eigenvalue weighted by atomic mass is 9.93. The summed E-state index contributed by atoms with van der Waals surface area (Å²) in [4.78, 5) is 2.52. The molecule has 2 saturated heterocycles. The maximum atomic E-state index is 11.6. The third kappa shape index (κ3) is 3.93. The predicted molar refractivity (Wildman–Crippen MR) is 74.5 cm³/mol. The first-order chi connectivity index (χ1) is 8.46. The second kappa shape index (κ2) is 5.88. The molecule has 0 aromatic rings. The highest BCUT2D eigenvalue weighted by Gasteiger charge is 2.27. The summed E-state index contributed by atoms with van der Waals surface area (Å²) in [5.74, 6) is 1.47. The van der Waals surface area contributed by atoms with Crippen molar-refractivity contribution >= 4 is 9.84 Å². The lowest BCUT2D eigenvalue weighted by Gasteiger charge is -2.37. The zero-order chi connectivity index (χ0) is 13.2. The summed E-state index contributed by atoms with van der Waals surface area (Å²) >= 11 is 0. The first kappa shape index (κ1) is 14.3. The number of hydrogen-bond donors (Lipinski definition) is 1. The van der Waals surface area contributed by atoms with Gasteiger partial charge in [-0.1, -0.05) is 6.92 Å². The molecule has 2 heterocycles. The molecule has 5 heteroatoms. The molecule has 3 atom stereocenters. The van der Waals surface area contributed by atoms with E-state index < -0.39 is 9.84 Å². The van der Waals surface area contributed by atoms with Crippen LogP contribution < -0.4 is 5.32 Å². The summed E-state index contributed by atoms with van der Waals surface area (Å²) in [6.45, 7) is 7.44. The van der Waals surface area contributed by atoms with Gasteiger partial charge in [-0.05, 0) is 45.2 Å². The SMILES string of the molecule is CC1CCN(CCC2CS(=O)(=O)CCN2)C(C)C1. The largest absolute Gasteiger partial charge is 0.312 e. The minimum Gasteiger partial charge on any atom is -0.312 e. The molecule has 0 spiro atoms. The van der Waals surface area contributed by atoms with Crippen molar-refractivity contribution in [2.24, 2.45) is 5.92 Å². The van der Waals surface area contributed by atoms with E-state index in [0.717, 1.165) is 18.9 Å². The molecule has 0 radical (unpaired) electrons. The van der Waals surface area contributed by atoms with E-state index in [0.29, 0.717) is 24.1 Å². The van der Waals surface area contributed by atoms with Gasteiger partial charge in [0.1, 0.15) is 0 Å². The fourth-order valence-electron chi connectivity index (χ4n) is 3.16. The first-order valence-electron chi connectivity index (χ1n) is 7.14. The Morgan fingerprint density at radius 2 is 2.11 bits per heavy atom. The average Bonchev–Trinajstić information content (AvgIpc) is 2.26. The number of hydrogen-bond acceptors (Lipinski definition) is 4. The van der Waals surface area contributed by atoms with E-state index in [-0.39, 0.29) is 6.04 Å². The number of sulfone groups is 1. The molecule has 2 aliphatic rings. The standard InChI is InChI=1S/C13H26N2O2S/c1-11-3-6-15(12(2)9-11)7-4-13-10-18(16,17)8-5-14-13/h11-14H,3-10H2,1-2H3. The van der Waals surface area contributed by atoms with Crippen LogP contribution in [0.25, 0.3) is 0 Å². The van der Waals surface area contributed by atoms with Gasteiger partial charge in [-0.25, -0.2) is 8.42 Å². The van der Waals surface area contributed by atoms with Crippen molar-refractivity contribution in [3.8, 4) is 0 Å². The van der Waals surface area contributed by atoms with E-state index in [4.69, 9.17) is 0 Å². The van der Waals surface area contributed by atoms with Gasteiger partial charge in [-0.2, -0.15) is 0 Å². The maximum absolute atomic E-state index is 11.6. The number of nitrogens with one attached hydrogen (secondary N) is 1. The predicted octanol–water partition coefficient (Wildman–Crippen LogP) is 0.884. The number of nitrogens with zero attached hydrogens (tertiary/aromatic N) is 1. The molecule has 0 aromatic carbocycles.